The minimum Gasteiger partial charge on any atom is -0.354 e. The van der Waals surface area contributed by atoms with Gasteiger partial charge in [0.25, 0.3) is 0 Å². The molecular formula is C44H38B2Br2N4. The average molecular weight is 804 g/mol. The summed E-state index contributed by atoms with van der Waals surface area (Å²) in [5.74, 6) is -0.190. The highest BCUT2D eigenvalue weighted by Gasteiger charge is 2.49. The Bertz CT molecular complexity index is 1830. The molecule has 2 aliphatic heterocycles. The van der Waals surface area contributed by atoms with Crippen molar-refractivity contribution >= 4 is 88.6 Å². The molecule has 0 bridgehead atoms. The van der Waals surface area contributed by atoms with Crippen molar-refractivity contribution in [2.75, 3.05) is 19.2 Å². The molecule has 0 saturated carbocycles. The summed E-state index contributed by atoms with van der Waals surface area (Å²) in [5, 5.41) is 0. The Morgan fingerprint density at radius 3 is 0.615 bits per heavy atom. The van der Waals surface area contributed by atoms with Gasteiger partial charge in [0.1, 0.15) is 0 Å². The fraction of sp³-hybridized carbons (Fsp3) is 0.0455. The lowest BCUT2D eigenvalue weighted by Gasteiger charge is -2.28. The van der Waals surface area contributed by atoms with Crippen molar-refractivity contribution in [1.82, 2.24) is 0 Å². The van der Waals surface area contributed by atoms with E-state index in [1.54, 1.807) is 0 Å². The van der Waals surface area contributed by atoms with Gasteiger partial charge in [0.2, 0.25) is 0 Å². The summed E-state index contributed by atoms with van der Waals surface area (Å²) in [6.45, 7) is 4.54. The third kappa shape index (κ3) is 7.01. The van der Waals surface area contributed by atoms with Crippen molar-refractivity contribution in [2.45, 2.75) is 13.8 Å². The Morgan fingerprint density at radius 2 is 0.442 bits per heavy atom. The van der Waals surface area contributed by atoms with Gasteiger partial charge >= 0.3 is 11.6 Å². The van der Waals surface area contributed by atoms with Crippen LogP contribution in [-0.2, 0) is 0 Å². The van der Waals surface area contributed by atoms with Gasteiger partial charge < -0.3 is 19.2 Å². The molecule has 4 nitrogen and oxygen atoms in total. The topological polar surface area (TPSA) is 13.0 Å². The van der Waals surface area contributed by atoms with E-state index in [4.69, 9.17) is 0 Å². The van der Waals surface area contributed by atoms with E-state index in [2.05, 4.69) is 186 Å². The molecule has 0 N–H and O–H groups in total. The minimum atomic E-state index is -0.0951. The molecule has 0 fully saturated rings. The Labute approximate surface area is 325 Å². The number of benzene rings is 7. The lowest BCUT2D eigenvalue weighted by Crippen LogP contribution is -2.39. The molecule has 8 heteroatoms. The predicted octanol–water partition coefficient (Wildman–Crippen LogP) is 13.0. The van der Waals surface area contributed by atoms with Crippen molar-refractivity contribution < 1.29 is 0 Å². The smallest absolute Gasteiger partial charge is 0.354 e. The molecule has 52 heavy (non-hydrogen) atoms. The van der Waals surface area contributed by atoms with Gasteiger partial charge in [0.15, 0.2) is 0 Å². The van der Waals surface area contributed by atoms with Crippen molar-refractivity contribution in [3.05, 3.63) is 205 Å². The van der Waals surface area contributed by atoms with Crippen LogP contribution in [0.1, 0.15) is 11.1 Å². The van der Waals surface area contributed by atoms with Crippen LogP contribution in [0.4, 0.5) is 45.5 Å². The summed E-state index contributed by atoms with van der Waals surface area (Å²) in [6.07, 6.45) is 0. The number of halogens is 2. The number of rotatable bonds is 4. The average Bonchev–Trinajstić information content (AvgIpc) is 3.71. The molecule has 9 rings (SSSR count). The number of anilines is 8. The van der Waals surface area contributed by atoms with Gasteiger partial charge in [-0.15, -0.1) is 0 Å². The van der Waals surface area contributed by atoms with Gasteiger partial charge in [-0.2, -0.15) is 0 Å². The molecule has 0 aromatic heterocycles. The lowest BCUT2D eigenvalue weighted by molar-refractivity contribution is 1.29. The molecular weight excluding hydrogens is 766 g/mol. The van der Waals surface area contributed by atoms with Gasteiger partial charge in [-0.1, -0.05) is 177 Å². The highest BCUT2D eigenvalue weighted by molar-refractivity contribution is 9.25. The number of hydrogen-bond acceptors (Lipinski definition) is 4. The van der Waals surface area contributed by atoms with Gasteiger partial charge in [-0.05, 0) is 73.5 Å². The van der Waals surface area contributed by atoms with Gasteiger partial charge in [-0.3, -0.25) is 0 Å². The van der Waals surface area contributed by atoms with E-state index in [9.17, 15) is 0 Å². The summed E-state index contributed by atoms with van der Waals surface area (Å²) in [7, 11) is 0. The van der Waals surface area contributed by atoms with Crippen LogP contribution in [0.3, 0.4) is 0 Å². The first-order valence-electron chi connectivity index (χ1n) is 17.4. The van der Waals surface area contributed by atoms with Crippen LogP contribution < -0.4 is 19.2 Å². The second kappa shape index (κ2) is 16.4. The largest absolute Gasteiger partial charge is 0.465 e. The zero-order valence-electron chi connectivity index (χ0n) is 29.2. The van der Waals surface area contributed by atoms with Gasteiger partial charge in [0.05, 0.1) is 22.7 Å². The molecule has 7 aromatic carbocycles. The molecule has 0 atom stereocenters. The monoisotopic (exact) mass is 802 g/mol. The zero-order valence-corrected chi connectivity index (χ0v) is 32.3. The molecule has 2 heterocycles. The van der Waals surface area contributed by atoms with Crippen LogP contribution in [0.2, 0.25) is 0 Å². The van der Waals surface area contributed by atoms with Crippen molar-refractivity contribution in [2.24, 2.45) is 0 Å². The van der Waals surface area contributed by atoms with E-state index in [1.165, 1.54) is 33.9 Å². The Morgan fingerprint density at radius 1 is 0.288 bits per heavy atom. The van der Waals surface area contributed by atoms with E-state index in [1.807, 2.05) is 72.8 Å². The first kappa shape index (κ1) is 35.2. The predicted molar refractivity (Wildman–Crippen MR) is 232 cm³/mol. The van der Waals surface area contributed by atoms with E-state index in [0.717, 1.165) is 22.7 Å². The second-order valence-corrected chi connectivity index (χ2v) is 14.0. The molecule has 0 amide bonds. The van der Waals surface area contributed by atoms with Crippen molar-refractivity contribution in [1.29, 1.82) is 0 Å². The van der Waals surface area contributed by atoms with E-state index in [-0.39, 0.29) is 11.6 Å². The first-order valence-corrected chi connectivity index (χ1v) is 19.2. The van der Waals surface area contributed by atoms with Crippen LogP contribution in [0, 0.1) is 13.8 Å². The third-order valence-electron chi connectivity index (χ3n) is 9.16. The Kier molecular flexibility index (Phi) is 11.1. The highest BCUT2D eigenvalue weighted by atomic mass is 79.9. The summed E-state index contributed by atoms with van der Waals surface area (Å²) in [4.78, 5) is 9.68. The summed E-state index contributed by atoms with van der Waals surface area (Å²) in [6, 6.07) is 66.7. The number of nitrogens with zero attached hydrogens (tertiary/aromatic N) is 4. The summed E-state index contributed by atoms with van der Waals surface area (Å²) >= 11 is 8.26. The van der Waals surface area contributed by atoms with E-state index < -0.39 is 0 Å². The van der Waals surface area contributed by atoms with Gasteiger partial charge in [0, 0.05) is 22.7 Å². The fourth-order valence-corrected chi connectivity index (χ4v) is 8.67. The first-order chi connectivity index (χ1) is 25.6. The molecule has 254 valence electrons. The van der Waals surface area contributed by atoms with Crippen LogP contribution in [0.15, 0.2) is 194 Å². The van der Waals surface area contributed by atoms with Crippen LogP contribution >= 0.6 is 31.5 Å². The Hall–Kier alpha value is -5.17. The second-order valence-electron chi connectivity index (χ2n) is 12.4. The number of hydrogen-bond donors (Lipinski definition) is 0. The van der Waals surface area contributed by atoms with Crippen LogP contribution in [-0.4, -0.2) is 11.6 Å². The zero-order chi connectivity index (χ0) is 35.9. The standard InChI is InChI=1S/C32H26B2Br2N4.2C6H6/c1-23-29-31(39(27-19-11-5-12-20-27)33(35)37(29)25-15-7-3-8-16-25)24(2)32-30(23)38(26-17-9-4-10-18-26)34(36)40(32)28-21-13-6-14-22-28;2*1-2-4-6-5-3-1/h3-22H,1-2H3;2*1-6H. The number of para-hydroxylation sites is 4. The van der Waals surface area contributed by atoms with Crippen LogP contribution in [0.5, 0.6) is 0 Å². The maximum Gasteiger partial charge on any atom is 0.465 e. The van der Waals surface area contributed by atoms with Crippen molar-refractivity contribution in [3.8, 4) is 0 Å². The quantitative estimate of drug-likeness (QED) is 0.164. The van der Waals surface area contributed by atoms with E-state index >= 15 is 0 Å². The molecule has 0 unspecified atom stereocenters. The maximum atomic E-state index is 4.13. The van der Waals surface area contributed by atoms with Gasteiger partial charge in [-0.25, -0.2) is 0 Å². The highest BCUT2D eigenvalue weighted by Crippen LogP contribution is 2.61. The summed E-state index contributed by atoms with van der Waals surface area (Å²) in [5.41, 5.74) is 11.9. The van der Waals surface area contributed by atoms with Crippen molar-refractivity contribution in [3.63, 3.8) is 0 Å². The molecule has 0 radical (unpaired) electrons. The molecule has 0 saturated heterocycles. The normalized spacial score (nSPS) is 12.8. The molecule has 7 aromatic rings. The lowest BCUT2D eigenvalue weighted by atomic mass is 10.00. The minimum absolute atomic E-state index is 0.0951. The Balaban J connectivity index is 0.000000297. The third-order valence-corrected chi connectivity index (χ3v) is 10.8. The van der Waals surface area contributed by atoms with Crippen LogP contribution in [0.25, 0.3) is 0 Å². The molecule has 0 aliphatic carbocycles. The maximum absolute atomic E-state index is 4.13. The molecule has 0 spiro atoms. The summed E-state index contributed by atoms with van der Waals surface area (Å²) < 4.78 is 0. The van der Waals surface area contributed by atoms with E-state index in [0.29, 0.717) is 0 Å². The SMILES string of the molecule is Cc1c2c(c(C)c3c1N(c1ccccc1)B(Br)N3c1ccccc1)N(c1ccccc1)B(Br)N2c1ccccc1.c1ccccc1.c1ccccc1. The number of fused-ring (bicyclic) bond motifs is 2. The fourth-order valence-electron chi connectivity index (χ4n) is 6.90. The molecule has 2 aliphatic rings.